The van der Waals surface area contributed by atoms with Crippen molar-refractivity contribution < 1.29 is 4.79 Å². The van der Waals surface area contributed by atoms with Gasteiger partial charge < -0.3 is 10.2 Å². The molecule has 4 rings (SSSR count). The average molecular weight is 369 g/mol. The standard InChI is InChI=1S/C20H27N5O2/c1-14-12-18(27)25(15-6-2-3-7-15)19-16(14)13-22-20(23-19)21-9-5-11-24-10-4-8-17(24)26/h12-13,15H,2-11H2,1H3,(H,21,22,23). The number of likely N-dealkylation sites (tertiary alicyclic amines) is 1. The Labute approximate surface area is 158 Å². The zero-order chi connectivity index (χ0) is 18.8. The number of fused-ring (bicyclic) bond motifs is 1. The largest absolute Gasteiger partial charge is 0.354 e. The van der Waals surface area contributed by atoms with E-state index in [4.69, 9.17) is 0 Å². The van der Waals surface area contributed by atoms with E-state index < -0.39 is 0 Å². The van der Waals surface area contributed by atoms with Crippen LogP contribution in [-0.4, -0.2) is 45.0 Å². The molecule has 2 aliphatic rings. The van der Waals surface area contributed by atoms with E-state index in [1.54, 1.807) is 6.07 Å². The number of carbonyl (C=O) groups excluding carboxylic acids is 1. The molecule has 1 saturated carbocycles. The maximum Gasteiger partial charge on any atom is 0.252 e. The molecule has 2 fully saturated rings. The van der Waals surface area contributed by atoms with Gasteiger partial charge in [-0.2, -0.15) is 4.98 Å². The molecule has 1 N–H and O–H groups in total. The lowest BCUT2D eigenvalue weighted by molar-refractivity contribution is -0.127. The molecule has 1 amide bonds. The lowest BCUT2D eigenvalue weighted by atomic mass is 10.1. The average Bonchev–Trinajstić information content (AvgIpc) is 3.31. The zero-order valence-electron chi connectivity index (χ0n) is 15.9. The fraction of sp³-hybridized carbons (Fsp3) is 0.600. The predicted molar refractivity (Wildman–Crippen MR) is 105 cm³/mol. The summed E-state index contributed by atoms with van der Waals surface area (Å²) in [4.78, 5) is 35.3. The minimum Gasteiger partial charge on any atom is -0.354 e. The highest BCUT2D eigenvalue weighted by Gasteiger charge is 2.22. The van der Waals surface area contributed by atoms with Crippen molar-refractivity contribution >= 4 is 22.9 Å². The Kier molecular flexibility index (Phi) is 5.09. The molecule has 7 nitrogen and oxygen atoms in total. The molecule has 1 saturated heterocycles. The first kappa shape index (κ1) is 17.9. The molecule has 27 heavy (non-hydrogen) atoms. The van der Waals surface area contributed by atoms with Crippen molar-refractivity contribution in [1.82, 2.24) is 19.4 Å². The number of rotatable bonds is 6. The van der Waals surface area contributed by atoms with Gasteiger partial charge in [0.2, 0.25) is 11.9 Å². The number of amides is 1. The minimum absolute atomic E-state index is 0.0316. The van der Waals surface area contributed by atoms with Gasteiger partial charge in [0.05, 0.1) is 0 Å². The SMILES string of the molecule is Cc1cc(=O)n(C2CCCC2)c2nc(NCCCN3CCCC3=O)ncc12. The Morgan fingerprint density at radius 1 is 1.22 bits per heavy atom. The van der Waals surface area contributed by atoms with Crippen molar-refractivity contribution in [1.29, 1.82) is 0 Å². The van der Waals surface area contributed by atoms with Crippen molar-refractivity contribution in [2.24, 2.45) is 0 Å². The second-order valence-corrected chi connectivity index (χ2v) is 7.67. The first-order valence-corrected chi connectivity index (χ1v) is 10.0. The summed E-state index contributed by atoms with van der Waals surface area (Å²) in [5.41, 5.74) is 1.69. The van der Waals surface area contributed by atoms with Crippen LogP contribution in [0.1, 0.15) is 56.6 Å². The maximum absolute atomic E-state index is 12.6. The van der Waals surface area contributed by atoms with Crippen LogP contribution in [0.4, 0.5) is 5.95 Å². The molecule has 0 radical (unpaired) electrons. The number of nitrogens with one attached hydrogen (secondary N) is 1. The second-order valence-electron chi connectivity index (χ2n) is 7.67. The maximum atomic E-state index is 12.6. The summed E-state index contributed by atoms with van der Waals surface area (Å²) in [6.07, 6.45) is 8.72. The highest BCUT2D eigenvalue weighted by molar-refractivity contribution is 5.79. The van der Waals surface area contributed by atoms with Crippen LogP contribution < -0.4 is 10.9 Å². The summed E-state index contributed by atoms with van der Waals surface area (Å²) < 4.78 is 1.87. The van der Waals surface area contributed by atoms with E-state index in [-0.39, 0.29) is 17.5 Å². The number of anilines is 1. The van der Waals surface area contributed by atoms with Crippen molar-refractivity contribution in [3.63, 3.8) is 0 Å². The van der Waals surface area contributed by atoms with E-state index in [1.807, 2.05) is 22.6 Å². The number of carbonyl (C=O) groups is 1. The molecule has 0 aromatic carbocycles. The molecule has 2 aromatic rings. The fourth-order valence-corrected chi connectivity index (χ4v) is 4.28. The topological polar surface area (TPSA) is 80.1 Å². The number of aryl methyl sites for hydroxylation is 1. The third kappa shape index (κ3) is 3.68. The summed E-state index contributed by atoms with van der Waals surface area (Å²) in [6, 6.07) is 1.94. The van der Waals surface area contributed by atoms with Crippen LogP contribution in [0.5, 0.6) is 0 Å². The van der Waals surface area contributed by atoms with Gasteiger partial charge in [-0.25, -0.2) is 4.98 Å². The smallest absolute Gasteiger partial charge is 0.252 e. The number of pyridine rings is 1. The summed E-state index contributed by atoms with van der Waals surface area (Å²) in [5.74, 6) is 0.806. The number of hydrogen-bond acceptors (Lipinski definition) is 5. The van der Waals surface area contributed by atoms with Gasteiger partial charge in [-0.1, -0.05) is 12.8 Å². The molecule has 0 unspecified atom stereocenters. The molecule has 144 valence electrons. The Morgan fingerprint density at radius 2 is 2.04 bits per heavy atom. The highest BCUT2D eigenvalue weighted by atomic mass is 16.2. The molecule has 2 aromatic heterocycles. The number of nitrogens with zero attached hydrogens (tertiary/aromatic N) is 4. The van der Waals surface area contributed by atoms with Crippen molar-refractivity contribution in [3.8, 4) is 0 Å². The van der Waals surface area contributed by atoms with E-state index in [9.17, 15) is 9.59 Å². The first-order chi connectivity index (χ1) is 13.1. The zero-order valence-corrected chi connectivity index (χ0v) is 15.9. The number of hydrogen-bond donors (Lipinski definition) is 1. The van der Waals surface area contributed by atoms with E-state index in [0.717, 1.165) is 68.2 Å². The summed E-state index contributed by atoms with van der Waals surface area (Å²) in [7, 11) is 0. The molecule has 7 heteroatoms. The van der Waals surface area contributed by atoms with Crippen LogP contribution >= 0.6 is 0 Å². The van der Waals surface area contributed by atoms with Crippen molar-refractivity contribution in [2.75, 3.05) is 25.0 Å². The van der Waals surface area contributed by atoms with E-state index in [1.165, 1.54) is 0 Å². The molecule has 1 aliphatic carbocycles. The Morgan fingerprint density at radius 3 is 2.78 bits per heavy atom. The minimum atomic E-state index is 0.0316. The number of aromatic nitrogens is 3. The van der Waals surface area contributed by atoms with Crippen molar-refractivity contribution in [3.05, 3.63) is 28.2 Å². The van der Waals surface area contributed by atoms with Crippen LogP contribution in [0, 0.1) is 6.92 Å². The highest BCUT2D eigenvalue weighted by Crippen LogP contribution is 2.30. The normalized spacial score (nSPS) is 18.0. The molecular weight excluding hydrogens is 342 g/mol. The summed E-state index contributed by atoms with van der Waals surface area (Å²) in [6.45, 7) is 4.28. The Bertz CT molecular complexity index is 901. The third-order valence-electron chi connectivity index (χ3n) is 5.75. The van der Waals surface area contributed by atoms with Gasteiger partial charge in [-0.3, -0.25) is 14.2 Å². The van der Waals surface area contributed by atoms with Gasteiger partial charge in [0.15, 0.2) is 0 Å². The van der Waals surface area contributed by atoms with Crippen molar-refractivity contribution in [2.45, 2.75) is 57.9 Å². The van der Waals surface area contributed by atoms with Crippen LogP contribution in [0.2, 0.25) is 0 Å². The van der Waals surface area contributed by atoms with Crippen LogP contribution in [0.3, 0.4) is 0 Å². The van der Waals surface area contributed by atoms with Crippen LogP contribution in [-0.2, 0) is 4.79 Å². The Balaban J connectivity index is 1.51. The van der Waals surface area contributed by atoms with Crippen LogP contribution in [0.25, 0.3) is 11.0 Å². The van der Waals surface area contributed by atoms with E-state index in [0.29, 0.717) is 18.9 Å². The quantitative estimate of drug-likeness (QED) is 0.792. The van der Waals surface area contributed by atoms with Gasteiger partial charge >= 0.3 is 0 Å². The molecular formula is C20H27N5O2. The Hall–Kier alpha value is -2.44. The van der Waals surface area contributed by atoms with Gasteiger partial charge in [0.25, 0.3) is 5.56 Å². The third-order valence-corrected chi connectivity index (χ3v) is 5.75. The molecule has 0 atom stereocenters. The monoisotopic (exact) mass is 369 g/mol. The fourth-order valence-electron chi connectivity index (χ4n) is 4.28. The van der Waals surface area contributed by atoms with Gasteiger partial charge in [0, 0.05) is 49.7 Å². The van der Waals surface area contributed by atoms with Gasteiger partial charge in [-0.15, -0.1) is 0 Å². The van der Waals surface area contributed by atoms with Gasteiger partial charge in [0.1, 0.15) is 5.65 Å². The first-order valence-electron chi connectivity index (χ1n) is 10.0. The van der Waals surface area contributed by atoms with E-state index >= 15 is 0 Å². The second kappa shape index (κ2) is 7.66. The lowest BCUT2D eigenvalue weighted by Crippen LogP contribution is -2.27. The molecule has 0 spiro atoms. The lowest BCUT2D eigenvalue weighted by Gasteiger charge is -2.18. The molecule has 1 aliphatic heterocycles. The molecule has 3 heterocycles. The summed E-state index contributed by atoms with van der Waals surface area (Å²) >= 11 is 0. The van der Waals surface area contributed by atoms with E-state index in [2.05, 4.69) is 15.3 Å². The summed E-state index contributed by atoms with van der Waals surface area (Å²) in [5, 5.41) is 4.20. The molecule has 0 bridgehead atoms. The van der Waals surface area contributed by atoms with Crippen LogP contribution in [0.15, 0.2) is 17.1 Å². The predicted octanol–water partition coefficient (Wildman–Crippen LogP) is 2.64. The van der Waals surface area contributed by atoms with Gasteiger partial charge in [-0.05, 0) is 38.2 Å².